The van der Waals surface area contributed by atoms with Gasteiger partial charge in [0.2, 0.25) is 0 Å². The highest BCUT2D eigenvalue weighted by Gasteiger charge is 2.34. The number of pyridine rings is 1. The van der Waals surface area contributed by atoms with Gasteiger partial charge >= 0.3 is 0 Å². The Morgan fingerprint density at radius 1 is 1.12 bits per heavy atom. The summed E-state index contributed by atoms with van der Waals surface area (Å²) in [6.07, 6.45) is 5.70. The van der Waals surface area contributed by atoms with Gasteiger partial charge in [-0.3, -0.25) is 9.78 Å². The first-order valence-electron chi connectivity index (χ1n) is 11.6. The zero-order chi connectivity index (χ0) is 22.8. The predicted molar refractivity (Wildman–Crippen MR) is 126 cm³/mol. The van der Waals surface area contributed by atoms with Crippen LogP contribution in [0.3, 0.4) is 0 Å². The fraction of sp³-hybridized carbons (Fsp3) is 0.385. The van der Waals surface area contributed by atoms with Crippen LogP contribution in [0.4, 0.5) is 5.82 Å². The van der Waals surface area contributed by atoms with Crippen LogP contribution in [-0.2, 0) is 13.0 Å². The molecule has 4 heterocycles. The molecule has 1 fully saturated rings. The second kappa shape index (κ2) is 9.17. The second-order valence-electron chi connectivity index (χ2n) is 8.70. The van der Waals surface area contributed by atoms with Crippen LogP contribution in [0.1, 0.15) is 58.4 Å². The zero-order valence-electron chi connectivity index (χ0n) is 19.2. The highest BCUT2D eigenvalue weighted by Crippen LogP contribution is 2.35. The van der Waals surface area contributed by atoms with Crippen molar-refractivity contribution in [3.63, 3.8) is 0 Å². The Labute approximate surface area is 194 Å². The van der Waals surface area contributed by atoms with Crippen LogP contribution in [0.5, 0.6) is 5.75 Å². The molecule has 0 bridgehead atoms. The maximum absolute atomic E-state index is 13.4. The number of anilines is 1. The van der Waals surface area contributed by atoms with E-state index in [2.05, 4.69) is 22.9 Å². The molecule has 2 aliphatic rings. The Bertz CT molecular complexity index is 1150. The van der Waals surface area contributed by atoms with Crippen LogP contribution in [0.2, 0.25) is 0 Å². The van der Waals surface area contributed by atoms with E-state index < -0.39 is 0 Å². The smallest absolute Gasteiger partial charge is 0.254 e. The number of carbonyl (C=O) groups excluding carboxylic acids is 1. The third-order valence-corrected chi connectivity index (χ3v) is 6.57. The van der Waals surface area contributed by atoms with Crippen LogP contribution in [-0.4, -0.2) is 46.0 Å². The topological polar surface area (TPSA) is 71.5 Å². The van der Waals surface area contributed by atoms with Crippen molar-refractivity contribution >= 4 is 11.7 Å². The number of nitrogens with zero attached hydrogens (tertiary/aromatic N) is 5. The van der Waals surface area contributed by atoms with Gasteiger partial charge < -0.3 is 14.5 Å². The summed E-state index contributed by atoms with van der Waals surface area (Å²) in [5.74, 6) is 2.42. The molecule has 1 unspecified atom stereocenters. The molecule has 33 heavy (non-hydrogen) atoms. The number of ether oxygens (including phenoxy) is 1. The summed E-state index contributed by atoms with van der Waals surface area (Å²) in [7, 11) is 1.61. The van der Waals surface area contributed by atoms with Crippen LogP contribution in [0.25, 0.3) is 0 Å². The maximum atomic E-state index is 13.4. The van der Waals surface area contributed by atoms with Gasteiger partial charge in [-0.25, -0.2) is 9.97 Å². The molecule has 7 nitrogen and oxygen atoms in total. The van der Waals surface area contributed by atoms with Gasteiger partial charge in [-0.1, -0.05) is 12.1 Å². The molecule has 0 spiro atoms. The maximum Gasteiger partial charge on any atom is 0.254 e. The number of benzene rings is 1. The summed E-state index contributed by atoms with van der Waals surface area (Å²) in [6.45, 7) is 4.44. The Kier molecular flexibility index (Phi) is 5.94. The van der Waals surface area contributed by atoms with Crippen molar-refractivity contribution in [2.24, 2.45) is 0 Å². The molecule has 1 saturated heterocycles. The number of methoxy groups -OCH3 is 1. The SMILES string of the molecule is COc1cccc(C(=O)N2CCCC2c2nc(C)c3c(n2)N(Cc2ccccn2)CCC3)c1. The van der Waals surface area contributed by atoms with Crippen molar-refractivity contribution in [3.8, 4) is 5.75 Å². The minimum absolute atomic E-state index is 0.000662. The van der Waals surface area contributed by atoms with Crippen LogP contribution < -0.4 is 9.64 Å². The lowest BCUT2D eigenvalue weighted by atomic mass is 10.0. The van der Waals surface area contributed by atoms with Crippen molar-refractivity contribution in [3.05, 3.63) is 77.0 Å². The summed E-state index contributed by atoms with van der Waals surface area (Å²) < 4.78 is 5.31. The average Bonchev–Trinajstić information content (AvgIpc) is 3.35. The molecule has 7 heteroatoms. The summed E-state index contributed by atoms with van der Waals surface area (Å²) in [5.41, 5.74) is 3.89. The van der Waals surface area contributed by atoms with Gasteiger partial charge in [-0.05, 0) is 62.9 Å². The van der Waals surface area contributed by atoms with Crippen molar-refractivity contribution in [1.29, 1.82) is 0 Å². The van der Waals surface area contributed by atoms with Crippen LogP contribution >= 0.6 is 0 Å². The minimum atomic E-state index is -0.119. The van der Waals surface area contributed by atoms with Gasteiger partial charge in [0.05, 0.1) is 25.4 Å². The molecule has 2 aliphatic heterocycles. The van der Waals surface area contributed by atoms with Gasteiger partial charge in [-0.2, -0.15) is 0 Å². The van der Waals surface area contributed by atoms with E-state index in [1.54, 1.807) is 13.2 Å². The standard InChI is InChI=1S/C26H29N5O2/c1-18-22-11-6-14-30(17-20-9-3-4-13-27-20)25(22)29-24(28-18)23-12-7-15-31(23)26(32)19-8-5-10-21(16-19)33-2/h3-5,8-10,13,16,23H,6-7,11-12,14-15,17H2,1-2H3. The molecule has 0 saturated carbocycles. The fourth-order valence-electron chi connectivity index (χ4n) is 4.90. The van der Waals surface area contributed by atoms with Crippen LogP contribution in [0, 0.1) is 6.92 Å². The van der Waals surface area contributed by atoms with Gasteiger partial charge in [0, 0.05) is 36.1 Å². The summed E-state index contributed by atoms with van der Waals surface area (Å²) in [5, 5.41) is 0. The number of aryl methyl sites for hydroxylation is 1. The second-order valence-corrected chi connectivity index (χ2v) is 8.70. The monoisotopic (exact) mass is 443 g/mol. The Balaban J connectivity index is 1.46. The molecule has 2 aromatic heterocycles. The van der Waals surface area contributed by atoms with Crippen molar-refractivity contribution in [2.45, 2.75) is 45.2 Å². The first kappa shape index (κ1) is 21.4. The fourth-order valence-corrected chi connectivity index (χ4v) is 4.90. The molecule has 0 radical (unpaired) electrons. The number of likely N-dealkylation sites (tertiary alicyclic amines) is 1. The van der Waals surface area contributed by atoms with E-state index in [-0.39, 0.29) is 11.9 Å². The van der Waals surface area contributed by atoms with E-state index in [9.17, 15) is 4.79 Å². The van der Waals surface area contributed by atoms with E-state index in [1.165, 1.54) is 5.56 Å². The number of carbonyl (C=O) groups is 1. The van der Waals surface area contributed by atoms with E-state index in [4.69, 9.17) is 14.7 Å². The summed E-state index contributed by atoms with van der Waals surface area (Å²) in [6, 6.07) is 13.2. The third-order valence-electron chi connectivity index (χ3n) is 6.57. The summed E-state index contributed by atoms with van der Waals surface area (Å²) >= 11 is 0. The molecule has 0 N–H and O–H groups in total. The minimum Gasteiger partial charge on any atom is -0.497 e. The summed E-state index contributed by atoms with van der Waals surface area (Å²) in [4.78, 5) is 32.1. The molecule has 1 aromatic carbocycles. The van der Waals surface area contributed by atoms with Crippen molar-refractivity contribution < 1.29 is 9.53 Å². The van der Waals surface area contributed by atoms with Crippen molar-refractivity contribution in [1.82, 2.24) is 19.9 Å². The third kappa shape index (κ3) is 4.27. The highest BCUT2D eigenvalue weighted by molar-refractivity contribution is 5.95. The van der Waals surface area contributed by atoms with Crippen molar-refractivity contribution in [2.75, 3.05) is 25.1 Å². The molecule has 1 amide bonds. The average molecular weight is 444 g/mol. The molecule has 170 valence electrons. The van der Waals surface area contributed by atoms with Crippen LogP contribution in [0.15, 0.2) is 48.7 Å². The predicted octanol–water partition coefficient (Wildman–Crippen LogP) is 4.12. The van der Waals surface area contributed by atoms with Gasteiger partial charge in [0.25, 0.3) is 5.91 Å². The molecule has 0 aliphatic carbocycles. The molecule has 5 rings (SSSR count). The lowest BCUT2D eigenvalue weighted by Gasteiger charge is -2.32. The van der Waals surface area contributed by atoms with Gasteiger partial charge in [0.15, 0.2) is 5.82 Å². The quantitative estimate of drug-likeness (QED) is 0.591. The lowest BCUT2D eigenvalue weighted by Crippen LogP contribution is -2.34. The molecule has 3 aromatic rings. The first-order chi connectivity index (χ1) is 16.1. The Morgan fingerprint density at radius 3 is 2.85 bits per heavy atom. The number of aromatic nitrogens is 3. The zero-order valence-corrected chi connectivity index (χ0v) is 19.2. The van der Waals surface area contributed by atoms with Gasteiger partial charge in [0.1, 0.15) is 11.6 Å². The van der Waals surface area contributed by atoms with E-state index in [0.717, 1.165) is 61.8 Å². The lowest BCUT2D eigenvalue weighted by molar-refractivity contribution is 0.0729. The molecule has 1 atom stereocenters. The first-order valence-corrected chi connectivity index (χ1v) is 11.6. The number of amides is 1. The normalized spacial score (nSPS) is 17.7. The largest absolute Gasteiger partial charge is 0.497 e. The molecular weight excluding hydrogens is 414 g/mol. The molecular formula is C26H29N5O2. The number of hydrogen-bond acceptors (Lipinski definition) is 6. The van der Waals surface area contributed by atoms with E-state index in [1.807, 2.05) is 41.4 Å². The van der Waals surface area contributed by atoms with E-state index in [0.29, 0.717) is 17.9 Å². The highest BCUT2D eigenvalue weighted by atomic mass is 16.5. The Hall–Kier alpha value is -3.48. The Morgan fingerprint density at radius 2 is 2.03 bits per heavy atom. The number of rotatable bonds is 5. The van der Waals surface area contributed by atoms with Gasteiger partial charge in [-0.15, -0.1) is 0 Å². The number of fused-ring (bicyclic) bond motifs is 1. The number of hydrogen-bond donors (Lipinski definition) is 0. The van der Waals surface area contributed by atoms with E-state index >= 15 is 0 Å².